The summed E-state index contributed by atoms with van der Waals surface area (Å²) in [5.41, 5.74) is 2.47. The molecule has 4 N–H and O–H groups in total. The van der Waals surface area contributed by atoms with E-state index in [1.165, 1.54) is 12.8 Å². The minimum Gasteiger partial charge on any atom is -0.630 e. The molecule has 1 aromatic carbocycles. The molecule has 2 fully saturated rings. The summed E-state index contributed by atoms with van der Waals surface area (Å²) in [6, 6.07) is 6.59. The van der Waals surface area contributed by atoms with Crippen molar-refractivity contribution in [1.29, 1.82) is 0 Å². The molecule has 2 aliphatic heterocycles. The van der Waals surface area contributed by atoms with Crippen LogP contribution in [0.5, 0.6) is 0 Å². The van der Waals surface area contributed by atoms with Crippen molar-refractivity contribution in [3.8, 4) is 0 Å². The summed E-state index contributed by atoms with van der Waals surface area (Å²) in [4.78, 5) is 15.0. The predicted molar refractivity (Wildman–Crippen MR) is 86.1 cm³/mol. The van der Waals surface area contributed by atoms with Gasteiger partial charge in [-0.2, -0.15) is 5.10 Å². The number of aromatic nitrogens is 2. The van der Waals surface area contributed by atoms with Crippen LogP contribution in [-0.4, -0.2) is 46.2 Å². The minimum absolute atomic E-state index is 0.135. The fourth-order valence-corrected chi connectivity index (χ4v) is 4.07. The molecule has 7 heteroatoms. The second-order valence-corrected chi connectivity index (χ2v) is 6.69. The maximum atomic E-state index is 12.6. The number of carbonyl (C=O) groups excluding carboxylic acids is 1. The van der Waals surface area contributed by atoms with Crippen molar-refractivity contribution in [2.45, 2.75) is 43.8 Å². The van der Waals surface area contributed by atoms with Gasteiger partial charge in [-0.05, 0) is 38.8 Å². The standard InChI is InChI=1S/C16H21N5O2/c1-21-11-3-4-12(21)7-10(6-11)17-16(22)15-13-5-2-9(20-23)8-14(13)18-19-15/h2,5,8,10-12H,3-4,6-7,20H2,1H3,(H,17,22)(H,18,19). The molecule has 3 heterocycles. The Kier molecular flexibility index (Phi) is 3.56. The summed E-state index contributed by atoms with van der Waals surface area (Å²) >= 11 is 0. The molecule has 2 saturated heterocycles. The number of nitrogens with two attached hydrogens (primary N) is 1. The number of nitrogens with one attached hydrogen (secondary N) is 2. The van der Waals surface area contributed by atoms with Gasteiger partial charge in [0.25, 0.3) is 5.91 Å². The Morgan fingerprint density at radius 2 is 2.13 bits per heavy atom. The average Bonchev–Trinajstić information content (AvgIpc) is 3.04. The molecule has 0 aliphatic carbocycles. The number of fused-ring (bicyclic) bond motifs is 3. The lowest BCUT2D eigenvalue weighted by Gasteiger charge is -2.36. The van der Waals surface area contributed by atoms with E-state index in [-0.39, 0.29) is 11.9 Å². The Bertz CT molecular complexity index is 729. The molecule has 1 aromatic heterocycles. The number of quaternary nitrogens is 1. The first kappa shape index (κ1) is 14.6. The summed E-state index contributed by atoms with van der Waals surface area (Å²) < 4.78 is 0. The second-order valence-electron chi connectivity index (χ2n) is 6.69. The maximum absolute atomic E-state index is 12.6. The Hall–Kier alpha value is -1.96. The van der Waals surface area contributed by atoms with Crippen molar-refractivity contribution in [2.75, 3.05) is 7.05 Å². The molecule has 122 valence electrons. The van der Waals surface area contributed by atoms with Gasteiger partial charge < -0.3 is 20.9 Å². The van der Waals surface area contributed by atoms with E-state index in [0.717, 1.165) is 23.7 Å². The molecule has 2 unspecified atom stereocenters. The molecule has 1 amide bonds. The highest BCUT2D eigenvalue weighted by Gasteiger charge is 2.39. The zero-order chi connectivity index (χ0) is 16.0. The number of carbonyl (C=O) groups is 1. The molecule has 23 heavy (non-hydrogen) atoms. The number of rotatable bonds is 3. The first-order valence-electron chi connectivity index (χ1n) is 8.12. The van der Waals surface area contributed by atoms with Crippen LogP contribution in [0.2, 0.25) is 0 Å². The van der Waals surface area contributed by atoms with Crippen LogP contribution in [0.1, 0.15) is 36.2 Å². The number of aromatic amines is 1. The second kappa shape index (κ2) is 5.59. The molecule has 2 atom stereocenters. The Labute approximate surface area is 134 Å². The van der Waals surface area contributed by atoms with Crippen molar-refractivity contribution in [1.82, 2.24) is 20.4 Å². The minimum atomic E-state index is -0.135. The van der Waals surface area contributed by atoms with Crippen LogP contribution in [0, 0.1) is 5.21 Å². The van der Waals surface area contributed by atoms with Crippen molar-refractivity contribution in [2.24, 2.45) is 0 Å². The molecule has 0 radical (unpaired) electrons. The van der Waals surface area contributed by atoms with Gasteiger partial charge in [0, 0.05) is 35.6 Å². The van der Waals surface area contributed by atoms with Crippen LogP contribution in [-0.2, 0) is 0 Å². The smallest absolute Gasteiger partial charge is 0.272 e. The fraction of sp³-hybridized carbons (Fsp3) is 0.500. The fourth-order valence-electron chi connectivity index (χ4n) is 4.07. The van der Waals surface area contributed by atoms with Gasteiger partial charge in [0.05, 0.1) is 5.52 Å². The van der Waals surface area contributed by atoms with E-state index in [9.17, 15) is 10.0 Å². The van der Waals surface area contributed by atoms with E-state index in [1.54, 1.807) is 18.2 Å². The van der Waals surface area contributed by atoms with E-state index >= 15 is 0 Å². The van der Waals surface area contributed by atoms with Gasteiger partial charge in [0.1, 0.15) is 5.69 Å². The van der Waals surface area contributed by atoms with Gasteiger partial charge in [-0.3, -0.25) is 9.89 Å². The zero-order valence-electron chi connectivity index (χ0n) is 13.1. The first-order chi connectivity index (χ1) is 11.2. The quantitative estimate of drug-likeness (QED) is 0.570. The molecule has 2 bridgehead atoms. The summed E-state index contributed by atoms with van der Waals surface area (Å²) in [7, 11) is 2.19. The molecular formula is C16H21N5O2. The third-order valence-electron chi connectivity index (χ3n) is 5.37. The molecule has 4 rings (SSSR count). The number of nitrogens with zero attached hydrogens (tertiary/aromatic N) is 2. The Morgan fingerprint density at radius 1 is 1.39 bits per heavy atom. The van der Waals surface area contributed by atoms with E-state index < -0.39 is 0 Å². The van der Waals surface area contributed by atoms with Gasteiger partial charge in [0.15, 0.2) is 5.69 Å². The molecule has 0 saturated carbocycles. The van der Waals surface area contributed by atoms with E-state index in [2.05, 4.69) is 27.5 Å². The lowest BCUT2D eigenvalue weighted by Crippen LogP contribution is -2.70. The van der Waals surface area contributed by atoms with Crippen molar-refractivity contribution >= 4 is 22.5 Å². The van der Waals surface area contributed by atoms with Crippen LogP contribution < -0.4 is 10.8 Å². The van der Waals surface area contributed by atoms with Crippen LogP contribution >= 0.6 is 0 Å². The first-order valence-corrected chi connectivity index (χ1v) is 8.12. The lowest BCUT2D eigenvalue weighted by molar-refractivity contribution is -0.497. The SMILES string of the molecule is CN1C2CCC1CC(NC(=O)c1n[nH]c3cc([NH2+][O-])ccc13)C2. The van der Waals surface area contributed by atoms with E-state index in [4.69, 9.17) is 0 Å². The number of hydrogen-bond acceptors (Lipinski definition) is 4. The summed E-state index contributed by atoms with van der Waals surface area (Å²) in [6.45, 7) is 0. The van der Waals surface area contributed by atoms with Gasteiger partial charge >= 0.3 is 0 Å². The normalized spacial score (nSPS) is 27.5. The third kappa shape index (κ3) is 2.50. The highest BCUT2D eigenvalue weighted by molar-refractivity contribution is 6.05. The van der Waals surface area contributed by atoms with Gasteiger partial charge in [-0.1, -0.05) is 0 Å². The average molecular weight is 315 g/mol. The van der Waals surface area contributed by atoms with E-state index in [1.807, 2.05) is 0 Å². The largest absolute Gasteiger partial charge is 0.630 e. The number of amides is 1. The van der Waals surface area contributed by atoms with E-state index in [0.29, 0.717) is 29.0 Å². The number of piperidine rings is 1. The highest BCUT2D eigenvalue weighted by Crippen LogP contribution is 2.34. The van der Waals surface area contributed by atoms with Gasteiger partial charge in [-0.15, -0.1) is 0 Å². The molecular weight excluding hydrogens is 294 g/mol. The van der Waals surface area contributed by atoms with Crippen molar-refractivity contribution < 1.29 is 10.3 Å². The topological polar surface area (TPSA) is 101 Å². The highest BCUT2D eigenvalue weighted by atomic mass is 16.5. The third-order valence-corrected chi connectivity index (χ3v) is 5.37. The Balaban J connectivity index is 1.51. The van der Waals surface area contributed by atoms with Crippen molar-refractivity contribution in [3.05, 3.63) is 29.1 Å². The van der Waals surface area contributed by atoms with Crippen LogP contribution in [0.25, 0.3) is 10.9 Å². The van der Waals surface area contributed by atoms with Crippen molar-refractivity contribution in [3.63, 3.8) is 0 Å². The molecule has 2 aromatic rings. The number of H-pyrrole nitrogens is 1. The number of hydrogen-bond donors (Lipinski definition) is 3. The monoisotopic (exact) mass is 315 g/mol. The van der Waals surface area contributed by atoms with Gasteiger partial charge in [0.2, 0.25) is 0 Å². The molecule has 2 aliphatic rings. The summed E-state index contributed by atoms with van der Waals surface area (Å²) in [5, 5.41) is 21.7. The van der Waals surface area contributed by atoms with Crippen LogP contribution in [0.4, 0.5) is 5.69 Å². The van der Waals surface area contributed by atoms with Crippen LogP contribution in [0.3, 0.4) is 0 Å². The Morgan fingerprint density at radius 3 is 2.83 bits per heavy atom. The lowest BCUT2D eigenvalue weighted by atomic mass is 9.98. The predicted octanol–water partition coefficient (Wildman–Crippen LogP) is 0.611. The van der Waals surface area contributed by atoms with Crippen LogP contribution in [0.15, 0.2) is 18.2 Å². The van der Waals surface area contributed by atoms with Gasteiger partial charge in [-0.25, -0.2) is 0 Å². The zero-order valence-corrected chi connectivity index (χ0v) is 13.1. The summed E-state index contributed by atoms with van der Waals surface area (Å²) in [6.07, 6.45) is 4.48. The maximum Gasteiger partial charge on any atom is 0.272 e. The molecule has 0 spiro atoms. The molecule has 7 nitrogen and oxygen atoms in total. The number of benzene rings is 1. The summed E-state index contributed by atoms with van der Waals surface area (Å²) in [5.74, 6) is -0.135.